The second kappa shape index (κ2) is 7.98. The molecular weight excluding hydrogens is 312 g/mol. The minimum absolute atomic E-state index is 0.0476. The Kier molecular flexibility index (Phi) is 6.29. The summed E-state index contributed by atoms with van der Waals surface area (Å²) in [7, 11) is -3.30. The van der Waals surface area contributed by atoms with Crippen LogP contribution in [-0.4, -0.2) is 51.3 Å². The van der Waals surface area contributed by atoms with E-state index in [1.807, 2.05) is 12.1 Å². The van der Waals surface area contributed by atoms with Gasteiger partial charge in [-0.05, 0) is 24.1 Å². The first-order valence-corrected chi connectivity index (χ1v) is 9.23. The Morgan fingerprint density at radius 3 is 2.48 bits per heavy atom. The monoisotopic (exact) mass is 332 g/mol. The zero-order valence-electron chi connectivity index (χ0n) is 11.9. The highest BCUT2D eigenvalue weighted by molar-refractivity contribution is 7.92. The normalized spacial score (nSPS) is 16.8. The molecule has 0 radical (unpaired) electrons. The molecule has 1 aromatic rings. The van der Waals surface area contributed by atoms with Crippen LogP contribution in [0.2, 0.25) is 0 Å². The lowest BCUT2D eigenvalue weighted by Crippen LogP contribution is -2.35. The van der Waals surface area contributed by atoms with E-state index in [-0.39, 0.29) is 5.75 Å². The van der Waals surface area contributed by atoms with Crippen molar-refractivity contribution in [3.63, 3.8) is 0 Å². The molecule has 0 atom stereocenters. The molecule has 0 amide bonds. The van der Waals surface area contributed by atoms with Crippen LogP contribution >= 0.6 is 11.6 Å². The summed E-state index contributed by atoms with van der Waals surface area (Å²) in [5.74, 6) is 0.394. The minimum Gasteiger partial charge on any atom is -0.379 e. The highest BCUT2D eigenvalue weighted by Gasteiger charge is 2.12. The third-order valence-electron chi connectivity index (χ3n) is 3.28. The van der Waals surface area contributed by atoms with E-state index in [9.17, 15) is 8.42 Å². The van der Waals surface area contributed by atoms with Crippen LogP contribution < -0.4 is 4.72 Å². The lowest BCUT2D eigenvalue weighted by atomic mass is 10.2. The summed E-state index contributed by atoms with van der Waals surface area (Å²) < 4.78 is 31.4. The lowest BCUT2D eigenvalue weighted by molar-refractivity contribution is 0.0342. The quantitative estimate of drug-likeness (QED) is 0.775. The van der Waals surface area contributed by atoms with Gasteiger partial charge in [0.25, 0.3) is 0 Å². The van der Waals surface area contributed by atoms with Gasteiger partial charge in [0.15, 0.2) is 0 Å². The molecule has 118 valence electrons. The van der Waals surface area contributed by atoms with Crippen molar-refractivity contribution in [3.05, 3.63) is 29.8 Å². The van der Waals surface area contributed by atoms with Crippen molar-refractivity contribution in [1.82, 2.24) is 4.90 Å². The van der Waals surface area contributed by atoms with Gasteiger partial charge >= 0.3 is 0 Å². The molecule has 0 saturated carbocycles. The van der Waals surface area contributed by atoms with Crippen molar-refractivity contribution in [1.29, 1.82) is 0 Å². The summed E-state index contributed by atoms with van der Waals surface area (Å²) in [6.45, 7) is 4.29. The molecule has 0 aliphatic carbocycles. The summed E-state index contributed by atoms with van der Waals surface area (Å²) in [6, 6.07) is 7.51. The van der Waals surface area contributed by atoms with Gasteiger partial charge in [-0.15, -0.1) is 11.6 Å². The molecule has 0 bridgehead atoms. The number of rotatable bonds is 7. The maximum absolute atomic E-state index is 11.8. The topological polar surface area (TPSA) is 58.6 Å². The van der Waals surface area contributed by atoms with Gasteiger partial charge < -0.3 is 4.74 Å². The van der Waals surface area contributed by atoms with Gasteiger partial charge in [0.05, 0.1) is 19.0 Å². The largest absolute Gasteiger partial charge is 0.379 e. The molecule has 1 aromatic carbocycles. The highest BCUT2D eigenvalue weighted by Crippen LogP contribution is 2.14. The van der Waals surface area contributed by atoms with Gasteiger partial charge in [0.1, 0.15) is 0 Å². The number of ether oxygens (including phenoxy) is 1. The third kappa shape index (κ3) is 5.82. The number of hydrogen-bond acceptors (Lipinski definition) is 4. The van der Waals surface area contributed by atoms with Gasteiger partial charge in [-0.1, -0.05) is 12.1 Å². The van der Waals surface area contributed by atoms with E-state index in [1.165, 1.54) is 5.56 Å². The van der Waals surface area contributed by atoms with Crippen molar-refractivity contribution >= 4 is 27.3 Å². The molecule has 1 fully saturated rings. The van der Waals surface area contributed by atoms with Crippen molar-refractivity contribution in [2.45, 2.75) is 13.0 Å². The molecule has 1 saturated heterocycles. The molecule has 1 N–H and O–H groups in total. The Hall–Kier alpha value is -0.820. The number of nitrogens with zero attached hydrogens (tertiary/aromatic N) is 1. The lowest BCUT2D eigenvalue weighted by Gasteiger charge is -2.26. The van der Waals surface area contributed by atoms with Crippen LogP contribution in [0.3, 0.4) is 0 Å². The van der Waals surface area contributed by atoms with E-state index in [0.29, 0.717) is 18.0 Å². The molecular formula is C14H21ClN2O3S. The summed E-state index contributed by atoms with van der Waals surface area (Å²) in [6.07, 6.45) is 0.450. The first kappa shape index (κ1) is 16.5. The fourth-order valence-corrected chi connectivity index (χ4v) is 3.58. The molecule has 0 unspecified atom stereocenters. The van der Waals surface area contributed by atoms with Crippen LogP contribution in [0.4, 0.5) is 5.69 Å². The van der Waals surface area contributed by atoms with Crippen molar-refractivity contribution in [3.8, 4) is 0 Å². The van der Waals surface area contributed by atoms with Crippen LogP contribution in [-0.2, 0) is 21.3 Å². The maximum atomic E-state index is 11.8. The summed E-state index contributed by atoms with van der Waals surface area (Å²) >= 11 is 5.52. The van der Waals surface area contributed by atoms with Crippen molar-refractivity contribution in [2.24, 2.45) is 0 Å². The van der Waals surface area contributed by atoms with Gasteiger partial charge in [-0.2, -0.15) is 0 Å². The second-order valence-electron chi connectivity index (χ2n) is 5.05. The number of nitrogens with one attached hydrogen (secondary N) is 1. The van der Waals surface area contributed by atoms with Crippen LogP contribution in [0.1, 0.15) is 12.0 Å². The van der Waals surface area contributed by atoms with Crippen LogP contribution in [0.15, 0.2) is 24.3 Å². The van der Waals surface area contributed by atoms with Gasteiger partial charge in [-0.3, -0.25) is 9.62 Å². The van der Waals surface area contributed by atoms with E-state index in [2.05, 4.69) is 9.62 Å². The zero-order chi connectivity index (χ0) is 15.1. The van der Waals surface area contributed by atoms with E-state index in [1.54, 1.807) is 12.1 Å². The Balaban J connectivity index is 1.89. The number of benzene rings is 1. The molecule has 21 heavy (non-hydrogen) atoms. The first-order valence-electron chi connectivity index (χ1n) is 7.04. The fraction of sp³-hybridized carbons (Fsp3) is 0.571. The molecule has 0 aromatic heterocycles. The molecule has 1 aliphatic heterocycles. The second-order valence-corrected chi connectivity index (χ2v) is 7.27. The predicted octanol–water partition coefficient (Wildman–Crippen LogP) is 1.89. The van der Waals surface area contributed by atoms with Crippen LogP contribution in [0.25, 0.3) is 0 Å². The predicted molar refractivity (Wildman–Crippen MR) is 85.3 cm³/mol. The molecule has 0 spiro atoms. The van der Waals surface area contributed by atoms with Gasteiger partial charge in [0.2, 0.25) is 10.0 Å². The third-order valence-corrected chi connectivity index (χ3v) is 4.92. The standard InChI is InChI=1S/C14H21ClN2O3S/c15-6-1-11-21(18,19)16-14-4-2-13(3-5-14)12-17-7-9-20-10-8-17/h2-5,16H,1,6-12H2. The number of hydrogen-bond donors (Lipinski definition) is 1. The molecule has 2 rings (SSSR count). The van der Waals surface area contributed by atoms with Gasteiger partial charge in [0, 0.05) is 31.2 Å². The Morgan fingerprint density at radius 1 is 1.19 bits per heavy atom. The van der Waals surface area contributed by atoms with E-state index in [0.717, 1.165) is 32.8 Å². The number of morpholine rings is 1. The van der Waals surface area contributed by atoms with Gasteiger partial charge in [-0.25, -0.2) is 8.42 Å². The number of sulfonamides is 1. The van der Waals surface area contributed by atoms with E-state index in [4.69, 9.17) is 16.3 Å². The zero-order valence-corrected chi connectivity index (χ0v) is 13.5. The first-order chi connectivity index (χ1) is 10.1. The van der Waals surface area contributed by atoms with Crippen LogP contribution in [0, 0.1) is 0 Å². The average Bonchev–Trinajstić information content (AvgIpc) is 2.48. The van der Waals surface area contributed by atoms with Crippen molar-refractivity contribution < 1.29 is 13.2 Å². The van der Waals surface area contributed by atoms with Crippen molar-refractivity contribution in [2.75, 3.05) is 42.7 Å². The maximum Gasteiger partial charge on any atom is 0.232 e. The summed E-state index contributed by atoms with van der Waals surface area (Å²) in [4.78, 5) is 2.32. The highest BCUT2D eigenvalue weighted by atomic mass is 35.5. The number of halogens is 1. The Bertz CT molecular complexity index is 528. The number of alkyl halides is 1. The Morgan fingerprint density at radius 2 is 1.86 bits per heavy atom. The molecule has 1 aliphatic rings. The number of anilines is 1. The van der Waals surface area contributed by atoms with Crippen LogP contribution in [0.5, 0.6) is 0 Å². The fourth-order valence-electron chi connectivity index (χ4n) is 2.17. The summed E-state index contributed by atoms with van der Waals surface area (Å²) in [5, 5.41) is 0. The average molecular weight is 333 g/mol. The Labute approximate surface area is 131 Å². The SMILES string of the molecule is O=S(=O)(CCCCl)Nc1ccc(CN2CCOCC2)cc1. The minimum atomic E-state index is -3.30. The van der Waals surface area contributed by atoms with E-state index >= 15 is 0 Å². The smallest absolute Gasteiger partial charge is 0.232 e. The molecule has 5 nitrogen and oxygen atoms in total. The van der Waals surface area contributed by atoms with E-state index < -0.39 is 10.0 Å². The summed E-state index contributed by atoms with van der Waals surface area (Å²) in [5.41, 5.74) is 1.76. The molecule has 1 heterocycles. The molecule has 7 heteroatoms.